The first kappa shape index (κ1) is 14.4. The zero-order chi connectivity index (χ0) is 13.8. The molecule has 0 aliphatic heterocycles. The monoisotopic (exact) mass is 316 g/mol. The Hall–Kier alpha value is -1.03. The number of nitrogens with zero attached hydrogens (tertiary/aromatic N) is 2. The summed E-state index contributed by atoms with van der Waals surface area (Å²) >= 11 is 17.7. The van der Waals surface area contributed by atoms with Crippen molar-refractivity contribution in [1.82, 2.24) is 9.97 Å². The third kappa shape index (κ3) is 4.23. The van der Waals surface area contributed by atoms with E-state index in [-0.39, 0.29) is 0 Å². The number of halogens is 3. The molecule has 100 valence electrons. The highest BCUT2D eigenvalue weighted by Gasteiger charge is 2.06. The number of hydrogen-bond donors (Lipinski definition) is 0. The van der Waals surface area contributed by atoms with Gasteiger partial charge < -0.3 is 4.74 Å². The van der Waals surface area contributed by atoms with Gasteiger partial charge in [0.05, 0.1) is 0 Å². The Morgan fingerprint density at radius 3 is 2.32 bits per heavy atom. The fraction of sp³-hybridized carbons (Fsp3) is 0.231. The van der Waals surface area contributed by atoms with Gasteiger partial charge in [0.25, 0.3) is 0 Å². The smallest absolute Gasteiger partial charge is 0.224 e. The maximum atomic E-state index is 5.93. The predicted molar refractivity (Wildman–Crippen MR) is 77.6 cm³/mol. The Bertz CT molecular complexity index is 570. The van der Waals surface area contributed by atoms with Gasteiger partial charge in [-0.25, -0.2) is 4.98 Å². The Balaban J connectivity index is 2.27. The molecule has 19 heavy (non-hydrogen) atoms. The van der Waals surface area contributed by atoms with E-state index < -0.39 is 0 Å². The molecule has 0 saturated carbocycles. The van der Waals surface area contributed by atoms with Gasteiger partial charge in [-0.05, 0) is 24.6 Å². The van der Waals surface area contributed by atoms with Crippen LogP contribution in [0.1, 0.15) is 19.2 Å². The fourth-order valence-corrected chi connectivity index (χ4v) is 2.23. The van der Waals surface area contributed by atoms with Gasteiger partial charge in [0.2, 0.25) is 5.88 Å². The predicted octanol–water partition coefficient (Wildman–Crippen LogP) is 5.18. The summed E-state index contributed by atoms with van der Waals surface area (Å²) in [5.74, 6) is 1.54. The van der Waals surface area contributed by atoms with Crippen LogP contribution in [-0.4, -0.2) is 9.97 Å². The van der Waals surface area contributed by atoms with Gasteiger partial charge in [-0.3, -0.25) is 0 Å². The van der Waals surface area contributed by atoms with Crippen molar-refractivity contribution in [3.63, 3.8) is 0 Å². The van der Waals surface area contributed by atoms with Crippen molar-refractivity contribution >= 4 is 34.8 Å². The van der Waals surface area contributed by atoms with Crippen LogP contribution < -0.4 is 4.74 Å². The fourth-order valence-electron chi connectivity index (χ4n) is 1.54. The van der Waals surface area contributed by atoms with Crippen molar-refractivity contribution in [2.45, 2.75) is 19.8 Å². The Morgan fingerprint density at radius 1 is 1.00 bits per heavy atom. The minimum atomic E-state index is 0.349. The van der Waals surface area contributed by atoms with E-state index in [1.807, 2.05) is 6.92 Å². The molecule has 1 heterocycles. The summed E-state index contributed by atoms with van der Waals surface area (Å²) < 4.78 is 5.60. The lowest BCUT2D eigenvalue weighted by Gasteiger charge is -2.07. The second-order valence-electron chi connectivity index (χ2n) is 3.90. The van der Waals surface area contributed by atoms with Crippen LogP contribution in [0.15, 0.2) is 24.3 Å². The molecule has 0 unspecified atom stereocenters. The summed E-state index contributed by atoms with van der Waals surface area (Å²) in [4.78, 5) is 8.40. The molecular formula is C13H11Cl3N2O. The molecule has 0 radical (unpaired) electrons. The summed E-state index contributed by atoms with van der Waals surface area (Å²) in [7, 11) is 0. The number of ether oxygens (including phenoxy) is 1. The molecule has 0 N–H and O–H groups in total. The topological polar surface area (TPSA) is 35.0 Å². The summed E-state index contributed by atoms with van der Waals surface area (Å²) in [6.07, 6.45) is 1.68. The van der Waals surface area contributed by atoms with Crippen LogP contribution in [0.25, 0.3) is 0 Å². The van der Waals surface area contributed by atoms with Gasteiger partial charge in [-0.15, -0.1) is 0 Å². The molecule has 1 aromatic heterocycles. The SMILES string of the molecule is CCCc1nc(Cl)cc(Oc2cc(Cl)cc(Cl)c2)n1. The van der Waals surface area contributed by atoms with Gasteiger partial charge in [0.15, 0.2) is 0 Å². The molecule has 0 atom stereocenters. The molecule has 0 aliphatic carbocycles. The van der Waals surface area contributed by atoms with E-state index in [9.17, 15) is 0 Å². The van der Waals surface area contributed by atoms with Crippen LogP contribution in [0.5, 0.6) is 11.6 Å². The highest BCUT2D eigenvalue weighted by molar-refractivity contribution is 6.34. The van der Waals surface area contributed by atoms with E-state index in [1.165, 1.54) is 0 Å². The molecular weight excluding hydrogens is 307 g/mol. The maximum absolute atomic E-state index is 5.93. The Morgan fingerprint density at radius 2 is 1.68 bits per heavy atom. The minimum absolute atomic E-state index is 0.349. The van der Waals surface area contributed by atoms with Crippen molar-refractivity contribution in [2.75, 3.05) is 0 Å². The van der Waals surface area contributed by atoms with E-state index in [4.69, 9.17) is 39.5 Å². The average molecular weight is 318 g/mol. The van der Waals surface area contributed by atoms with E-state index in [1.54, 1.807) is 24.3 Å². The summed E-state index contributed by atoms with van der Waals surface area (Å²) in [6, 6.07) is 6.49. The zero-order valence-electron chi connectivity index (χ0n) is 10.2. The highest BCUT2D eigenvalue weighted by atomic mass is 35.5. The molecule has 0 aliphatic rings. The van der Waals surface area contributed by atoms with Crippen LogP contribution in [0.2, 0.25) is 15.2 Å². The molecule has 1 aromatic carbocycles. The largest absolute Gasteiger partial charge is 0.439 e. The average Bonchev–Trinajstić information content (AvgIpc) is 2.26. The molecule has 0 fully saturated rings. The van der Waals surface area contributed by atoms with E-state index in [2.05, 4.69) is 9.97 Å². The van der Waals surface area contributed by atoms with Gasteiger partial charge >= 0.3 is 0 Å². The summed E-state index contributed by atoms with van der Waals surface area (Å²) in [6.45, 7) is 2.04. The second-order valence-corrected chi connectivity index (χ2v) is 5.16. The molecule has 0 amide bonds. The number of hydrogen-bond acceptors (Lipinski definition) is 3. The van der Waals surface area contributed by atoms with Crippen molar-refractivity contribution < 1.29 is 4.74 Å². The lowest BCUT2D eigenvalue weighted by Crippen LogP contribution is -1.97. The first-order valence-electron chi connectivity index (χ1n) is 5.74. The lowest BCUT2D eigenvalue weighted by atomic mass is 10.3. The first-order chi connectivity index (χ1) is 9.06. The molecule has 2 aromatic rings. The van der Waals surface area contributed by atoms with Crippen molar-refractivity contribution in [3.05, 3.63) is 45.3 Å². The van der Waals surface area contributed by atoms with E-state index >= 15 is 0 Å². The standard InChI is InChI=1S/C13H11Cl3N2O/c1-2-3-12-17-11(16)7-13(18-12)19-10-5-8(14)4-9(15)6-10/h4-7H,2-3H2,1H3. The van der Waals surface area contributed by atoms with Crippen LogP contribution in [-0.2, 0) is 6.42 Å². The molecule has 6 heteroatoms. The van der Waals surface area contributed by atoms with E-state index in [0.29, 0.717) is 32.7 Å². The normalized spacial score (nSPS) is 10.5. The van der Waals surface area contributed by atoms with E-state index in [0.717, 1.165) is 12.8 Å². The summed E-state index contributed by atoms with van der Waals surface area (Å²) in [5.41, 5.74) is 0. The number of aromatic nitrogens is 2. The number of aryl methyl sites for hydroxylation is 1. The van der Waals surface area contributed by atoms with Gasteiger partial charge in [-0.2, -0.15) is 4.98 Å². The highest BCUT2D eigenvalue weighted by Crippen LogP contribution is 2.28. The Kier molecular flexibility index (Phi) is 4.86. The quantitative estimate of drug-likeness (QED) is 0.729. The number of rotatable bonds is 4. The van der Waals surface area contributed by atoms with Gasteiger partial charge in [0, 0.05) is 22.5 Å². The van der Waals surface area contributed by atoms with Crippen LogP contribution in [0.3, 0.4) is 0 Å². The van der Waals surface area contributed by atoms with Crippen molar-refractivity contribution in [2.24, 2.45) is 0 Å². The zero-order valence-corrected chi connectivity index (χ0v) is 12.4. The Labute approximate surface area is 126 Å². The molecule has 3 nitrogen and oxygen atoms in total. The van der Waals surface area contributed by atoms with Crippen molar-refractivity contribution in [1.29, 1.82) is 0 Å². The third-order valence-corrected chi connectivity index (χ3v) is 2.88. The van der Waals surface area contributed by atoms with Crippen LogP contribution in [0.4, 0.5) is 0 Å². The first-order valence-corrected chi connectivity index (χ1v) is 6.87. The maximum Gasteiger partial charge on any atom is 0.224 e. The van der Waals surface area contributed by atoms with Crippen molar-refractivity contribution in [3.8, 4) is 11.6 Å². The minimum Gasteiger partial charge on any atom is -0.439 e. The third-order valence-electron chi connectivity index (χ3n) is 2.25. The van der Waals surface area contributed by atoms with Gasteiger partial charge in [0.1, 0.15) is 16.7 Å². The summed E-state index contributed by atoms with van der Waals surface area (Å²) in [5, 5.41) is 1.34. The molecule has 2 rings (SSSR count). The van der Waals surface area contributed by atoms with Crippen LogP contribution in [0, 0.1) is 0 Å². The number of benzene rings is 1. The molecule has 0 saturated heterocycles. The van der Waals surface area contributed by atoms with Gasteiger partial charge in [-0.1, -0.05) is 41.7 Å². The molecule has 0 spiro atoms. The second kappa shape index (κ2) is 6.42. The van der Waals surface area contributed by atoms with Crippen LogP contribution >= 0.6 is 34.8 Å². The lowest BCUT2D eigenvalue weighted by molar-refractivity contribution is 0.458. The molecule has 0 bridgehead atoms.